The molecule has 0 radical (unpaired) electrons. The predicted octanol–water partition coefficient (Wildman–Crippen LogP) is 2.46. The normalized spacial score (nSPS) is 10.1. The molecular formula is C15H15N5O4S. The van der Waals surface area contributed by atoms with Crippen LogP contribution in [0.25, 0.3) is 0 Å². The van der Waals surface area contributed by atoms with Gasteiger partial charge in [-0.05, 0) is 18.2 Å². The molecule has 2 aromatic rings. The van der Waals surface area contributed by atoms with E-state index in [1.165, 1.54) is 18.2 Å². The first-order chi connectivity index (χ1) is 12.0. The van der Waals surface area contributed by atoms with Gasteiger partial charge in [0.25, 0.3) is 5.69 Å². The largest absolute Gasteiger partial charge is 0.325 e. The Morgan fingerprint density at radius 2 is 1.96 bits per heavy atom. The number of hydrogen-bond donors (Lipinski definition) is 2. The molecule has 2 rings (SSSR count). The molecule has 10 heteroatoms. The van der Waals surface area contributed by atoms with Crippen molar-refractivity contribution in [2.75, 3.05) is 16.4 Å². The molecule has 1 heterocycles. The van der Waals surface area contributed by atoms with Crippen molar-refractivity contribution >= 4 is 40.8 Å². The first-order valence-corrected chi connectivity index (χ1v) is 8.27. The van der Waals surface area contributed by atoms with E-state index in [0.717, 1.165) is 11.8 Å². The second kappa shape index (κ2) is 8.73. The van der Waals surface area contributed by atoms with Gasteiger partial charge in [-0.2, -0.15) is 0 Å². The molecule has 0 saturated carbocycles. The fraction of sp³-hybridized carbons (Fsp3) is 0.200. The number of anilines is 2. The molecule has 0 bridgehead atoms. The van der Waals surface area contributed by atoms with E-state index in [4.69, 9.17) is 0 Å². The number of nitro benzene ring substituents is 1. The van der Waals surface area contributed by atoms with Crippen molar-refractivity contribution in [1.29, 1.82) is 0 Å². The van der Waals surface area contributed by atoms with Crippen LogP contribution in [0.2, 0.25) is 0 Å². The third-order valence-electron chi connectivity index (χ3n) is 2.92. The zero-order valence-corrected chi connectivity index (χ0v) is 14.1. The molecule has 0 unspecified atom stereocenters. The lowest BCUT2D eigenvalue weighted by Gasteiger charge is -2.05. The number of hydrogen-bond acceptors (Lipinski definition) is 7. The first kappa shape index (κ1) is 18.3. The molecular weight excluding hydrogens is 346 g/mol. The molecule has 9 nitrogen and oxygen atoms in total. The van der Waals surface area contributed by atoms with Crippen LogP contribution in [0.3, 0.4) is 0 Å². The van der Waals surface area contributed by atoms with Gasteiger partial charge in [0, 0.05) is 24.2 Å². The molecule has 2 N–H and O–H groups in total. The Balaban J connectivity index is 1.86. The number of aromatic nitrogens is 2. The molecule has 25 heavy (non-hydrogen) atoms. The van der Waals surface area contributed by atoms with Crippen LogP contribution >= 0.6 is 11.8 Å². The first-order valence-electron chi connectivity index (χ1n) is 7.28. The van der Waals surface area contributed by atoms with Crippen molar-refractivity contribution in [1.82, 2.24) is 10.2 Å². The number of carbonyl (C=O) groups is 2. The minimum atomic E-state index is -0.529. The highest BCUT2D eigenvalue weighted by molar-refractivity contribution is 7.99. The maximum atomic E-state index is 11.9. The smallest absolute Gasteiger partial charge is 0.271 e. The summed E-state index contributed by atoms with van der Waals surface area (Å²) in [6.07, 6.45) is 0.343. The van der Waals surface area contributed by atoms with Gasteiger partial charge in [-0.1, -0.05) is 24.8 Å². The van der Waals surface area contributed by atoms with Gasteiger partial charge in [-0.25, -0.2) is 0 Å². The van der Waals surface area contributed by atoms with Crippen molar-refractivity contribution in [2.45, 2.75) is 18.4 Å². The molecule has 0 aliphatic heterocycles. The Morgan fingerprint density at radius 3 is 2.60 bits per heavy atom. The Hall–Kier alpha value is -3.01. The fourth-order valence-electron chi connectivity index (χ4n) is 1.73. The van der Waals surface area contributed by atoms with Crippen LogP contribution in [0.15, 0.2) is 41.4 Å². The highest BCUT2D eigenvalue weighted by atomic mass is 32.2. The van der Waals surface area contributed by atoms with E-state index in [2.05, 4.69) is 20.8 Å². The van der Waals surface area contributed by atoms with Crippen molar-refractivity contribution in [3.63, 3.8) is 0 Å². The van der Waals surface area contributed by atoms with Crippen LogP contribution in [-0.4, -0.2) is 32.7 Å². The number of rotatable bonds is 7. The average molecular weight is 361 g/mol. The zero-order valence-electron chi connectivity index (χ0n) is 13.3. The number of non-ortho nitro benzene ring substituents is 1. The Bertz CT molecular complexity index is 782. The number of carbonyl (C=O) groups excluding carboxylic acids is 2. The van der Waals surface area contributed by atoms with Gasteiger partial charge in [-0.3, -0.25) is 19.7 Å². The molecule has 0 saturated heterocycles. The van der Waals surface area contributed by atoms with Gasteiger partial charge >= 0.3 is 0 Å². The van der Waals surface area contributed by atoms with E-state index >= 15 is 0 Å². The monoisotopic (exact) mass is 361 g/mol. The minimum Gasteiger partial charge on any atom is -0.325 e. The molecule has 0 aliphatic rings. The van der Waals surface area contributed by atoms with E-state index in [9.17, 15) is 19.7 Å². The maximum Gasteiger partial charge on any atom is 0.271 e. The second-order valence-corrected chi connectivity index (χ2v) is 5.80. The zero-order chi connectivity index (χ0) is 18.2. The maximum absolute atomic E-state index is 11.9. The lowest BCUT2D eigenvalue weighted by atomic mass is 10.3. The molecule has 1 aromatic carbocycles. The lowest BCUT2D eigenvalue weighted by molar-refractivity contribution is -0.384. The van der Waals surface area contributed by atoms with Crippen LogP contribution in [-0.2, 0) is 9.59 Å². The van der Waals surface area contributed by atoms with Gasteiger partial charge in [0.05, 0.1) is 10.7 Å². The van der Waals surface area contributed by atoms with E-state index in [1.54, 1.807) is 25.1 Å². The van der Waals surface area contributed by atoms with Crippen LogP contribution in [0.4, 0.5) is 17.2 Å². The molecule has 130 valence electrons. The molecule has 2 amide bonds. The van der Waals surface area contributed by atoms with E-state index in [1.807, 2.05) is 0 Å². The standard InChI is InChI=1S/C15H15N5O4S/c1-2-13(21)17-12-6-7-15(19-18-12)25-9-14(22)16-10-4-3-5-11(8-10)20(23)24/h3-8H,2,9H2,1H3,(H,16,22)(H,17,18,21). The van der Waals surface area contributed by atoms with Gasteiger partial charge in [0.2, 0.25) is 11.8 Å². The van der Waals surface area contributed by atoms with Crippen molar-refractivity contribution in [3.8, 4) is 0 Å². The van der Waals surface area contributed by atoms with Crippen LogP contribution in [0.5, 0.6) is 0 Å². The lowest BCUT2D eigenvalue weighted by Crippen LogP contribution is -2.14. The number of nitrogens with zero attached hydrogens (tertiary/aromatic N) is 3. The van der Waals surface area contributed by atoms with Gasteiger partial charge < -0.3 is 10.6 Å². The third-order valence-corrected chi connectivity index (χ3v) is 3.84. The van der Waals surface area contributed by atoms with E-state index < -0.39 is 4.92 Å². The summed E-state index contributed by atoms with van der Waals surface area (Å²) in [6.45, 7) is 1.73. The number of amides is 2. The van der Waals surface area contributed by atoms with Crippen LogP contribution in [0, 0.1) is 10.1 Å². The van der Waals surface area contributed by atoms with Gasteiger partial charge in [-0.15, -0.1) is 10.2 Å². The topological polar surface area (TPSA) is 127 Å². The summed E-state index contributed by atoms with van der Waals surface area (Å²) in [5, 5.41) is 24.1. The number of nitro groups is 1. The summed E-state index contributed by atoms with van der Waals surface area (Å²) < 4.78 is 0. The van der Waals surface area contributed by atoms with E-state index in [-0.39, 0.29) is 23.3 Å². The van der Waals surface area contributed by atoms with Crippen molar-refractivity contribution < 1.29 is 14.5 Å². The fourth-order valence-corrected chi connectivity index (χ4v) is 2.34. The number of benzene rings is 1. The second-order valence-electron chi connectivity index (χ2n) is 4.80. The molecule has 0 aliphatic carbocycles. The Labute approximate surface area is 147 Å². The van der Waals surface area contributed by atoms with Gasteiger partial charge in [0.15, 0.2) is 5.82 Å². The number of thioether (sulfide) groups is 1. The summed E-state index contributed by atoms with van der Waals surface area (Å²) in [5.41, 5.74) is 0.254. The molecule has 0 fully saturated rings. The Morgan fingerprint density at radius 1 is 1.16 bits per heavy atom. The summed E-state index contributed by atoms with van der Waals surface area (Å²) in [4.78, 5) is 33.3. The minimum absolute atomic E-state index is 0.0675. The summed E-state index contributed by atoms with van der Waals surface area (Å²) >= 11 is 1.16. The Kier molecular flexibility index (Phi) is 6.40. The summed E-state index contributed by atoms with van der Waals surface area (Å²) in [7, 11) is 0. The molecule has 0 atom stereocenters. The van der Waals surface area contributed by atoms with Crippen LogP contribution in [0.1, 0.15) is 13.3 Å². The van der Waals surface area contributed by atoms with Crippen LogP contribution < -0.4 is 10.6 Å². The molecule has 0 spiro atoms. The summed E-state index contributed by atoms with van der Waals surface area (Å²) in [5.74, 6) is -0.0724. The molecule has 1 aromatic heterocycles. The van der Waals surface area contributed by atoms with Gasteiger partial charge in [0.1, 0.15) is 5.03 Å². The predicted molar refractivity (Wildman–Crippen MR) is 93.4 cm³/mol. The number of nitrogens with one attached hydrogen (secondary N) is 2. The van der Waals surface area contributed by atoms with Crippen molar-refractivity contribution in [3.05, 3.63) is 46.5 Å². The SMILES string of the molecule is CCC(=O)Nc1ccc(SCC(=O)Nc2cccc([N+](=O)[O-])c2)nn1. The quantitative estimate of drug-likeness (QED) is 0.440. The van der Waals surface area contributed by atoms with E-state index in [0.29, 0.717) is 23.0 Å². The third kappa shape index (κ3) is 5.84. The summed E-state index contributed by atoms with van der Waals surface area (Å²) in [6, 6.07) is 8.94. The average Bonchev–Trinajstić information content (AvgIpc) is 2.61. The van der Waals surface area contributed by atoms with Crippen molar-refractivity contribution in [2.24, 2.45) is 0 Å². The highest BCUT2D eigenvalue weighted by Gasteiger charge is 2.09. The highest BCUT2D eigenvalue weighted by Crippen LogP contribution is 2.19.